The van der Waals surface area contributed by atoms with Crippen molar-refractivity contribution >= 4 is 11.0 Å². The lowest BCUT2D eigenvalue weighted by atomic mass is 9.85. The first-order chi connectivity index (χ1) is 6.98. The Kier molecular flexibility index (Phi) is 2.26. The van der Waals surface area contributed by atoms with Crippen LogP contribution in [0.5, 0.6) is 0 Å². The predicted octanol–water partition coefficient (Wildman–Crippen LogP) is 4.32. The molecule has 0 saturated carbocycles. The number of benzene rings is 1. The first kappa shape index (κ1) is 10.2. The molecule has 0 amide bonds. The van der Waals surface area contributed by atoms with Gasteiger partial charge in [-0.25, -0.2) is 4.42 Å². The van der Waals surface area contributed by atoms with Gasteiger partial charge in [0.05, 0.1) is 12.3 Å². The van der Waals surface area contributed by atoms with E-state index in [2.05, 4.69) is 39.0 Å². The van der Waals surface area contributed by atoms with Crippen LogP contribution in [0.1, 0.15) is 32.1 Å². The Morgan fingerprint density at radius 1 is 1.07 bits per heavy atom. The maximum absolute atomic E-state index is 5.70. The van der Waals surface area contributed by atoms with Gasteiger partial charge in [-0.05, 0) is 17.0 Å². The number of rotatable bonds is 0. The molecule has 0 unspecified atom stereocenters. The van der Waals surface area contributed by atoms with Crippen LogP contribution in [0.25, 0.3) is 11.0 Å². The normalized spacial score (nSPS) is 12.0. The highest BCUT2D eigenvalue weighted by Crippen LogP contribution is 2.30. The fourth-order valence-electron chi connectivity index (χ4n) is 1.88. The molecule has 0 aliphatic carbocycles. The van der Waals surface area contributed by atoms with Crippen LogP contribution in [0.15, 0.2) is 34.7 Å². The SMILES string of the molecule is Cc1cc(C(C)(C)C)c2ccccc2[o+]1. The second kappa shape index (κ2) is 3.34. The minimum Gasteiger partial charge on any atom is -0.213 e. The van der Waals surface area contributed by atoms with Crippen molar-refractivity contribution in [3.05, 3.63) is 41.7 Å². The van der Waals surface area contributed by atoms with Crippen LogP contribution in [0.3, 0.4) is 0 Å². The van der Waals surface area contributed by atoms with Gasteiger partial charge in [-0.1, -0.05) is 32.9 Å². The van der Waals surface area contributed by atoms with Crippen LogP contribution in [-0.4, -0.2) is 0 Å². The van der Waals surface area contributed by atoms with Gasteiger partial charge in [-0.2, -0.15) is 0 Å². The monoisotopic (exact) mass is 201 g/mol. The van der Waals surface area contributed by atoms with Gasteiger partial charge < -0.3 is 0 Å². The van der Waals surface area contributed by atoms with Crippen molar-refractivity contribution in [3.63, 3.8) is 0 Å². The van der Waals surface area contributed by atoms with Gasteiger partial charge in [0.25, 0.3) is 0 Å². The zero-order valence-corrected chi connectivity index (χ0v) is 9.79. The van der Waals surface area contributed by atoms with E-state index in [1.165, 1.54) is 10.9 Å². The van der Waals surface area contributed by atoms with Crippen LogP contribution < -0.4 is 0 Å². The standard InChI is InChI=1S/C14H17O/c1-10-9-12(14(2,3)4)11-7-5-6-8-13(11)15-10/h5-9H,1-4H3/q+1. The summed E-state index contributed by atoms with van der Waals surface area (Å²) >= 11 is 0. The molecule has 0 spiro atoms. The zero-order chi connectivity index (χ0) is 11.1. The Balaban J connectivity index is 2.83. The summed E-state index contributed by atoms with van der Waals surface area (Å²) in [7, 11) is 0. The summed E-state index contributed by atoms with van der Waals surface area (Å²) in [5.74, 6) is 0.971. The Bertz CT molecular complexity index is 492. The summed E-state index contributed by atoms with van der Waals surface area (Å²) < 4.78 is 5.70. The minimum absolute atomic E-state index is 0.154. The van der Waals surface area contributed by atoms with Gasteiger partial charge in [0.2, 0.25) is 0 Å². The van der Waals surface area contributed by atoms with Gasteiger partial charge >= 0.3 is 11.3 Å². The first-order valence-corrected chi connectivity index (χ1v) is 5.31. The number of hydrogen-bond acceptors (Lipinski definition) is 0. The van der Waals surface area contributed by atoms with Gasteiger partial charge in [-0.15, -0.1) is 0 Å². The lowest BCUT2D eigenvalue weighted by molar-refractivity contribution is 0.544. The van der Waals surface area contributed by atoms with Gasteiger partial charge in [0, 0.05) is 12.1 Å². The molecule has 0 radical (unpaired) electrons. The lowest BCUT2D eigenvalue weighted by Gasteiger charge is -2.18. The number of para-hydroxylation sites is 1. The minimum atomic E-state index is 0.154. The van der Waals surface area contributed by atoms with E-state index in [-0.39, 0.29) is 5.41 Å². The quantitative estimate of drug-likeness (QED) is 0.578. The van der Waals surface area contributed by atoms with Crippen molar-refractivity contribution in [1.29, 1.82) is 0 Å². The van der Waals surface area contributed by atoms with E-state index < -0.39 is 0 Å². The molecule has 1 heteroatoms. The van der Waals surface area contributed by atoms with Crippen molar-refractivity contribution in [1.82, 2.24) is 0 Å². The molecule has 0 N–H and O–H groups in total. The topological polar surface area (TPSA) is 11.3 Å². The molecule has 0 fully saturated rings. The van der Waals surface area contributed by atoms with Crippen molar-refractivity contribution in [2.75, 3.05) is 0 Å². The highest BCUT2D eigenvalue weighted by atomic mass is 16.3. The number of fused-ring (bicyclic) bond motifs is 1. The van der Waals surface area contributed by atoms with E-state index in [1.54, 1.807) is 0 Å². The van der Waals surface area contributed by atoms with Crippen LogP contribution in [0, 0.1) is 6.92 Å². The maximum atomic E-state index is 5.70. The van der Waals surface area contributed by atoms with E-state index >= 15 is 0 Å². The molecule has 1 aromatic heterocycles. The number of hydrogen-bond donors (Lipinski definition) is 0. The van der Waals surface area contributed by atoms with E-state index in [0.717, 1.165) is 11.3 Å². The zero-order valence-electron chi connectivity index (χ0n) is 9.79. The molecule has 1 heterocycles. The van der Waals surface area contributed by atoms with Gasteiger partial charge in [-0.3, -0.25) is 0 Å². The third-order valence-corrected chi connectivity index (χ3v) is 2.60. The van der Waals surface area contributed by atoms with Crippen molar-refractivity contribution in [3.8, 4) is 0 Å². The van der Waals surface area contributed by atoms with Crippen molar-refractivity contribution in [2.24, 2.45) is 0 Å². The summed E-state index contributed by atoms with van der Waals surface area (Å²) in [6, 6.07) is 10.4. The lowest BCUT2D eigenvalue weighted by Crippen LogP contribution is -2.11. The Morgan fingerprint density at radius 3 is 2.40 bits per heavy atom. The molecule has 78 valence electrons. The maximum Gasteiger partial charge on any atom is 0.360 e. The summed E-state index contributed by atoms with van der Waals surface area (Å²) in [6.07, 6.45) is 0. The van der Waals surface area contributed by atoms with Crippen molar-refractivity contribution in [2.45, 2.75) is 33.1 Å². The van der Waals surface area contributed by atoms with Crippen LogP contribution in [-0.2, 0) is 5.41 Å². The fourth-order valence-corrected chi connectivity index (χ4v) is 1.88. The highest BCUT2D eigenvalue weighted by molar-refractivity contribution is 5.81. The Morgan fingerprint density at radius 2 is 1.73 bits per heavy atom. The summed E-state index contributed by atoms with van der Waals surface area (Å²) in [5.41, 5.74) is 2.48. The van der Waals surface area contributed by atoms with Gasteiger partial charge in [0.1, 0.15) is 0 Å². The highest BCUT2D eigenvalue weighted by Gasteiger charge is 2.22. The Hall–Kier alpha value is -1.37. The Labute approximate surface area is 90.7 Å². The smallest absolute Gasteiger partial charge is 0.213 e. The summed E-state index contributed by atoms with van der Waals surface area (Å²) in [4.78, 5) is 0. The van der Waals surface area contributed by atoms with E-state index in [1.807, 2.05) is 19.1 Å². The third-order valence-electron chi connectivity index (χ3n) is 2.60. The largest absolute Gasteiger partial charge is 0.360 e. The molecule has 0 aliphatic rings. The van der Waals surface area contributed by atoms with Crippen LogP contribution in [0.4, 0.5) is 0 Å². The van der Waals surface area contributed by atoms with Crippen LogP contribution in [0.2, 0.25) is 0 Å². The van der Waals surface area contributed by atoms with E-state index in [0.29, 0.717) is 0 Å². The molecule has 1 nitrogen and oxygen atoms in total. The molecule has 2 aromatic rings. The van der Waals surface area contributed by atoms with Crippen molar-refractivity contribution < 1.29 is 4.42 Å². The average molecular weight is 201 g/mol. The van der Waals surface area contributed by atoms with Crippen LogP contribution >= 0.6 is 0 Å². The molecule has 0 bridgehead atoms. The summed E-state index contributed by atoms with van der Waals surface area (Å²) in [5, 5.41) is 1.22. The molecule has 0 atom stereocenters. The molecular formula is C14H17O+. The second-order valence-electron chi connectivity index (χ2n) is 5.02. The number of aryl methyl sites for hydroxylation is 1. The summed E-state index contributed by atoms with van der Waals surface area (Å²) in [6.45, 7) is 8.69. The third kappa shape index (κ3) is 1.87. The fraction of sp³-hybridized carbons (Fsp3) is 0.357. The molecule has 2 rings (SSSR count). The molecular weight excluding hydrogens is 184 g/mol. The van der Waals surface area contributed by atoms with E-state index in [9.17, 15) is 0 Å². The molecule has 15 heavy (non-hydrogen) atoms. The van der Waals surface area contributed by atoms with Gasteiger partial charge in [0.15, 0.2) is 0 Å². The first-order valence-electron chi connectivity index (χ1n) is 5.31. The molecule has 0 aliphatic heterocycles. The average Bonchev–Trinajstić information content (AvgIpc) is 2.15. The van der Waals surface area contributed by atoms with E-state index in [4.69, 9.17) is 4.42 Å². The molecule has 0 saturated heterocycles. The molecule has 1 aromatic carbocycles. The predicted molar refractivity (Wildman–Crippen MR) is 64.1 cm³/mol. The second-order valence-corrected chi connectivity index (χ2v) is 5.02.